The molecular weight excluding hydrogens is 370 g/mol. The molecule has 0 bridgehead atoms. The first kappa shape index (κ1) is 18.3. The Bertz CT molecular complexity index is 869. The van der Waals surface area contributed by atoms with Gasteiger partial charge in [0.1, 0.15) is 17.0 Å². The minimum Gasteiger partial charge on any atom is -0.353 e. The van der Waals surface area contributed by atoms with Crippen molar-refractivity contribution >= 4 is 33.3 Å². The van der Waals surface area contributed by atoms with Gasteiger partial charge in [-0.1, -0.05) is 6.92 Å². The van der Waals surface area contributed by atoms with Crippen molar-refractivity contribution < 1.29 is 4.79 Å². The Morgan fingerprint density at radius 3 is 2.82 bits per heavy atom. The molecule has 0 aromatic carbocycles. The fourth-order valence-corrected chi connectivity index (χ4v) is 5.81. The van der Waals surface area contributed by atoms with E-state index in [4.69, 9.17) is 4.98 Å². The Morgan fingerprint density at radius 2 is 2.04 bits per heavy atom. The van der Waals surface area contributed by atoms with Gasteiger partial charge in [0.05, 0.1) is 5.39 Å². The third kappa shape index (κ3) is 3.74. The number of nitrogens with zero attached hydrogens (tertiary/aromatic N) is 4. The quantitative estimate of drug-likeness (QED) is 0.837. The van der Waals surface area contributed by atoms with Crippen molar-refractivity contribution in [1.29, 1.82) is 0 Å². The van der Waals surface area contributed by atoms with Gasteiger partial charge in [0, 0.05) is 50.1 Å². The van der Waals surface area contributed by atoms with Crippen molar-refractivity contribution in [2.45, 2.75) is 51.5 Å². The minimum atomic E-state index is 0.210. The molecule has 2 aliphatic carbocycles. The number of carbonyl (C=O) groups excluding carboxylic acids is 1. The Balaban J connectivity index is 1.25. The van der Waals surface area contributed by atoms with Crippen LogP contribution in [0.3, 0.4) is 0 Å². The van der Waals surface area contributed by atoms with Crippen LogP contribution in [-0.4, -0.2) is 59.5 Å². The van der Waals surface area contributed by atoms with Crippen LogP contribution in [0.1, 0.15) is 43.0 Å². The Hall–Kier alpha value is -1.73. The molecular formula is C21H29N5OS. The summed E-state index contributed by atoms with van der Waals surface area (Å²) < 4.78 is 0. The summed E-state index contributed by atoms with van der Waals surface area (Å²) >= 11 is 1.87. The first-order chi connectivity index (χ1) is 13.7. The van der Waals surface area contributed by atoms with Gasteiger partial charge in [-0.05, 0) is 43.6 Å². The molecule has 2 aromatic rings. The van der Waals surface area contributed by atoms with Gasteiger partial charge in [-0.15, -0.1) is 11.3 Å². The normalized spacial score (nSPS) is 23.0. The van der Waals surface area contributed by atoms with Crippen molar-refractivity contribution in [3.05, 3.63) is 16.8 Å². The molecule has 1 atom stereocenters. The molecule has 6 nitrogen and oxygen atoms in total. The lowest BCUT2D eigenvalue weighted by Gasteiger charge is -2.35. The molecule has 1 amide bonds. The number of anilines is 1. The van der Waals surface area contributed by atoms with Gasteiger partial charge in [0.15, 0.2) is 0 Å². The maximum atomic E-state index is 11.9. The highest BCUT2D eigenvalue weighted by atomic mass is 32.1. The summed E-state index contributed by atoms with van der Waals surface area (Å²) in [5.74, 6) is 2.11. The molecule has 3 aliphatic rings. The molecule has 1 aliphatic heterocycles. The van der Waals surface area contributed by atoms with Crippen LogP contribution in [0.2, 0.25) is 0 Å². The first-order valence-electron chi connectivity index (χ1n) is 10.7. The van der Waals surface area contributed by atoms with E-state index in [2.05, 4.69) is 27.0 Å². The van der Waals surface area contributed by atoms with Crippen LogP contribution in [-0.2, 0) is 17.6 Å². The molecule has 1 saturated heterocycles. The number of hydrogen-bond acceptors (Lipinski definition) is 6. The van der Waals surface area contributed by atoms with Crippen LogP contribution in [0.15, 0.2) is 6.33 Å². The summed E-state index contributed by atoms with van der Waals surface area (Å²) in [4.78, 5) is 28.7. The molecule has 5 rings (SSSR count). The van der Waals surface area contributed by atoms with Crippen molar-refractivity contribution in [2.24, 2.45) is 5.92 Å². The molecule has 7 heteroatoms. The van der Waals surface area contributed by atoms with Gasteiger partial charge < -0.3 is 10.2 Å². The maximum absolute atomic E-state index is 11.9. The predicted molar refractivity (Wildman–Crippen MR) is 113 cm³/mol. The largest absolute Gasteiger partial charge is 0.353 e. The number of nitrogens with one attached hydrogen (secondary N) is 1. The van der Waals surface area contributed by atoms with Gasteiger partial charge in [0.25, 0.3) is 0 Å². The number of rotatable bonds is 5. The van der Waals surface area contributed by atoms with Crippen LogP contribution in [0.25, 0.3) is 10.2 Å². The lowest BCUT2D eigenvalue weighted by Crippen LogP contribution is -2.47. The molecule has 28 heavy (non-hydrogen) atoms. The topological polar surface area (TPSA) is 61.4 Å². The van der Waals surface area contributed by atoms with Crippen molar-refractivity contribution in [2.75, 3.05) is 37.6 Å². The second-order valence-corrected chi connectivity index (χ2v) is 9.73. The van der Waals surface area contributed by atoms with E-state index in [1.165, 1.54) is 28.7 Å². The highest BCUT2D eigenvalue weighted by Crippen LogP contribution is 2.40. The lowest BCUT2D eigenvalue weighted by molar-refractivity contribution is -0.121. The number of amides is 1. The molecule has 2 aromatic heterocycles. The molecule has 2 fully saturated rings. The van der Waals surface area contributed by atoms with Crippen LogP contribution in [0, 0.1) is 5.92 Å². The second kappa shape index (κ2) is 7.59. The van der Waals surface area contributed by atoms with Crippen LogP contribution in [0.4, 0.5) is 5.82 Å². The number of carbonyl (C=O) groups is 1. The smallest absolute Gasteiger partial charge is 0.221 e. The van der Waals surface area contributed by atoms with E-state index in [1.54, 1.807) is 6.33 Å². The average Bonchev–Trinajstić information content (AvgIpc) is 3.43. The molecule has 150 valence electrons. The number of hydrogen-bond donors (Lipinski definition) is 1. The molecule has 0 radical (unpaired) electrons. The molecule has 0 spiro atoms. The third-order valence-corrected chi connectivity index (χ3v) is 7.50. The second-order valence-electron chi connectivity index (χ2n) is 8.65. The number of piperazine rings is 1. The van der Waals surface area contributed by atoms with E-state index in [0.29, 0.717) is 12.5 Å². The highest BCUT2D eigenvalue weighted by molar-refractivity contribution is 7.19. The summed E-state index contributed by atoms with van der Waals surface area (Å²) in [6.45, 7) is 7.13. The Kier molecular flexibility index (Phi) is 4.97. The van der Waals surface area contributed by atoms with Gasteiger partial charge in [-0.2, -0.15) is 0 Å². The summed E-state index contributed by atoms with van der Waals surface area (Å²) in [5, 5.41) is 4.40. The average molecular weight is 400 g/mol. The summed E-state index contributed by atoms with van der Waals surface area (Å²) in [6, 6.07) is 0.462. The maximum Gasteiger partial charge on any atom is 0.221 e. The number of thiophene rings is 1. The first-order valence-corrected chi connectivity index (χ1v) is 11.5. The fourth-order valence-electron chi connectivity index (χ4n) is 4.47. The summed E-state index contributed by atoms with van der Waals surface area (Å²) in [7, 11) is 0. The van der Waals surface area contributed by atoms with Crippen LogP contribution < -0.4 is 10.2 Å². The highest BCUT2D eigenvalue weighted by Gasteiger charge is 2.27. The van der Waals surface area contributed by atoms with E-state index in [-0.39, 0.29) is 5.91 Å². The van der Waals surface area contributed by atoms with Gasteiger partial charge in [-0.25, -0.2) is 9.97 Å². The Labute approximate surface area is 170 Å². The zero-order valence-corrected chi connectivity index (χ0v) is 17.4. The van der Waals surface area contributed by atoms with E-state index in [1.807, 2.05) is 11.3 Å². The van der Waals surface area contributed by atoms with E-state index in [9.17, 15) is 4.79 Å². The molecule has 3 heterocycles. The zero-order valence-electron chi connectivity index (χ0n) is 16.6. The van der Waals surface area contributed by atoms with Gasteiger partial charge >= 0.3 is 0 Å². The van der Waals surface area contributed by atoms with Crippen molar-refractivity contribution in [1.82, 2.24) is 20.2 Å². The minimum absolute atomic E-state index is 0.210. The number of aromatic nitrogens is 2. The van der Waals surface area contributed by atoms with Crippen molar-refractivity contribution in [3.63, 3.8) is 0 Å². The van der Waals surface area contributed by atoms with E-state index >= 15 is 0 Å². The van der Waals surface area contributed by atoms with Crippen molar-refractivity contribution in [3.8, 4) is 0 Å². The zero-order chi connectivity index (χ0) is 19.1. The molecule has 1 N–H and O–H groups in total. The van der Waals surface area contributed by atoms with E-state index < -0.39 is 0 Å². The van der Waals surface area contributed by atoms with E-state index in [0.717, 1.165) is 68.6 Å². The summed E-state index contributed by atoms with van der Waals surface area (Å²) in [5.41, 5.74) is 1.51. The SMILES string of the molecule is C[C@@H]1CCc2c(sc3ncnc(N4CCN(CCC(=O)NC5CC5)CC4)c23)C1. The monoisotopic (exact) mass is 399 g/mol. The van der Waals surface area contributed by atoms with Gasteiger partial charge in [0.2, 0.25) is 5.91 Å². The Morgan fingerprint density at radius 1 is 1.21 bits per heavy atom. The summed E-state index contributed by atoms with van der Waals surface area (Å²) in [6.07, 6.45) is 8.28. The van der Waals surface area contributed by atoms with Crippen LogP contribution in [0.5, 0.6) is 0 Å². The molecule has 0 unspecified atom stereocenters. The standard InChI is InChI=1S/C21H29N5OS/c1-14-2-5-16-17(12-14)28-21-19(16)20(22-13-23-21)26-10-8-25(9-11-26)7-6-18(27)24-15-3-4-15/h13-15H,2-12H2,1H3,(H,24,27)/t14-/m1/s1. The third-order valence-electron chi connectivity index (χ3n) is 6.34. The predicted octanol–water partition coefficient (Wildman–Crippen LogP) is 2.61. The van der Waals surface area contributed by atoms with Crippen LogP contribution >= 0.6 is 11.3 Å². The fraction of sp³-hybridized carbons (Fsp3) is 0.667. The number of fused-ring (bicyclic) bond motifs is 3. The number of aryl methyl sites for hydroxylation is 1. The van der Waals surface area contributed by atoms with Gasteiger partial charge in [-0.3, -0.25) is 9.69 Å². The molecule has 1 saturated carbocycles. The lowest BCUT2D eigenvalue weighted by atomic mass is 9.89.